The summed E-state index contributed by atoms with van der Waals surface area (Å²) < 4.78 is 0. The highest BCUT2D eigenvalue weighted by Crippen LogP contribution is 2.12. The number of rotatable bonds is 7. The van der Waals surface area contributed by atoms with Gasteiger partial charge in [-0.1, -0.05) is 0 Å². The number of guanidine groups is 1. The molecule has 1 heterocycles. The molecule has 0 atom stereocenters. The van der Waals surface area contributed by atoms with Crippen LogP contribution in [0.25, 0.3) is 0 Å². The summed E-state index contributed by atoms with van der Waals surface area (Å²) in [6.07, 6.45) is 3.70. The SMILES string of the molecule is Cc1[nH]cnc1CSCCN(C#N)C(N)=NCCN. The Kier molecular flexibility index (Phi) is 6.78. The number of nitrogens with two attached hydrogens (primary N) is 2. The number of hydrogen-bond donors (Lipinski definition) is 3. The van der Waals surface area contributed by atoms with Crippen LogP contribution in [0.3, 0.4) is 0 Å². The van der Waals surface area contributed by atoms with Crippen LogP contribution in [0.15, 0.2) is 11.3 Å². The Morgan fingerprint density at radius 2 is 2.47 bits per heavy atom. The first-order valence-corrected chi connectivity index (χ1v) is 7.08. The van der Waals surface area contributed by atoms with Gasteiger partial charge in [0.2, 0.25) is 5.96 Å². The van der Waals surface area contributed by atoms with E-state index in [1.165, 1.54) is 4.90 Å². The standard InChI is InChI=1S/C11H19N7S/c1-9-10(17-8-16-9)6-19-5-4-18(7-13)11(14)15-3-2-12/h8H,2-6,12H2,1H3,(H2,14,15)(H,16,17). The van der Waals surface area contributed by atoms with E-state index in [1.54, 1.807) is 18.1 Å². The minimum atomic E-state index is 0.226. The number of H-pyrrole nitrogens is 1. The van der Waals surface area contributed by atoms with Crippen LogP contribution in [-0.4, -0.2) is 46.2 Å². The minimum absolute atomic E-state index is 0.226. The fourth-order valence-corrected chi connectivity index (χ4v) is 2.28. The van der Waals surface area contributed by atoms with E-state index in [0.717, 1.165) is 22.9 Å². The number of aromatic nitrogens is 2. The summed E-state index contributed by atoms with van der Waals surface area (Å²) in [6, 6.07) is 0. The number of nitriles is 1. The monoisotopic (exact) mass is 281 g/mol. The number of nitrogens with one attached hydrogen (secondary N) is 1. The number of thioether (sulfide) groups is 1. The van der Waals surface area contributed by atoms with Crippen molar-refractivity contribution in [3.63, 3.8) is 0 Å². The van der Waals surface area contributed by atoms with Gasteiger partial charge >= 0.3 is 0 Å². The normalized spacial score (nSPS) is 11.3. The summed E-state index contributed by atoms with van der Waals surface area (Å²) in [5.74, 6) is 1.82. The second kappa shape index (κ2) is 8.39. The summed E-state index contributed by atoms with van der Waals surface area (Å²) in [4.78, 5) is 12.6. The average Bonchev–Trinajstić information content (AvgIpc) is 2.81. The van der Waals surface area contributed by atoms with E-state index >= 15 is 0 Å². The zero-order valence-corrected chi connectivity index (χ0v) is 11.8. The van der Waals surface area contributed by atoms with Crippen molar-refractivity contribution in [1.29, 1.82) is 5.26 Å². The number of hydrogen-bond acceptors (Lipinski definition) is 5. The molecule has 0 aliphatic heterocycles. The molecule has 7 nitrogen and oxygen atoms in total. The third-order valence-electron chi connectivity index (χ3n) is 2.43. The molecular weight excluding hydrogens is 262 g/mol. The number of aromatic amines is 1. The molecule has 0 unspecified atom stereocenters. The summed E-state index contributed by atoms with van der Waals surface area (Å²) in [7, 11) is 0. The Morgan fingerprint density at radius 3 is 3.05 bits per heavy atom. The maximum Gasteiger partial charge on any atom is 0.204 e. The maximum atomic E-state index is 8.98. The first-order chi connectivity index (χ1) is 9.19. The topological polar surface area (TPSA) is 120 Å². The first-order valence-electron chi connectivity index (χ1n) is 5.93. The van der Waals surface area contributed by atoms with Gasteiger partial charge in [-0.05, 0) is 6.92 Å². The third-order valence-corrected chi connectivity index (χ3v) is 3.38. The van der Waals surface area contributed by atoms with Crippen LogP contribution in [0.2, 0.25) is 0 Å². The van der Waals surface area contributed by atoms with Crippen molar-refractivity contribution < 1.29 is 0 Å². The Hall–Kier alpha value is -1.72. The van der Waals surface area contributed by atoms with Crippen LogP contribution in [0.5, 0.6) is 0 Å². The minimum Gasteiger partial charge on any atom is -0.369 e. The molecule has 19 heavy (non-hydrogen) atoms. The number of nitrogens with zero attached hydrogens (tertiary/aromatic N) is 4. The molecule has 104 valence electrons. The third kappa shape index (κ3) is 5.19. The van der Waals surface area contributed by atoms with E-state index in [0.29, 0.717) is 19.6 Å². The highest BCUT2D eigenvalue weighted by atomic mass is 32.2. The van der Waals surface area contributed by atoms with Gasteiger partial charge in [-0.2, -0.15) is 17.0 Å². The largest absolute Gasteiger partial charge is 0.369 e. The fraction of sp³-hybridized carbons (Fsp3) is 0.545. The Balaban J connectivity index is 2.31. The molecule has 0 fully saturated rings. The van der Waals surface area contributed by atoms with Crippen molar-refractivity contribution in [2.24, 2.45) is 16.5 Å². The zero-order chi connectivity index (χ0) is 14.1. The molecule has 0 aliphatic carbocycles. The van der Waals surface area contributed by atoms with Gasteiger partial charge in [0.05, 0.1) is 18.6 Å². The van der Waals surface area contributed by atoms with Crippen molar-refractivity contribution in [2.75, 3.05) is 25.4 Å². The van der Waals surface area contributed by atoms with Crippen LogP contribution in [0.4, 0.5) is 0 Å². The van der Waals surface area contributed by atoms with Crippen molar-refractivity contribution in [1.82, 2.24) is 14.9 Å². The van der Waals surface area contributed by atoms with Gasteiger partial charge < -0.3 is 16.5 Å². The fourth-order valence-electron chi connectivity index (χ4n) is 1.34. The van der Waals surface area contributed by atoms with Crippen LogP contribution in [-0.2, 0) is 5.75 Å². The quantitative estimate of drug-likeness (QED) is 0.213. The molecule has 0 radical (unpaired) electrons. The van der Waals surface area contributed by atoms with Crippen molar-refractivity contribution >= 4 is 17.7 Å². The molecule has 1 aromatic heterocycles. The molecule has 1 rings (SSSR count). The van der Waals surface area contributed by atoms with Crippen LogP contribution in [0.1, 0.15) is 11.4 Å². The van der Waals surface area contributed by atoms with Gasteiger partial charge in [-0.15, -0.1) is 0 Å². The highest BCUT2D eigenvalue weighted by Gasteiger charge is 2.07. The molecule has 0 saturated heterocycles. The molecule has 0 saturated carbocycles. The predicted octanol–water partition coefficient (Wildman–Crippen LogP) is 0.00780. The molecule has 8 heteroatoms. The Morgan fingerprint density at radius 1 is 1.68 bits per heavy atom. The molecule has 5 N–H and O–H groups in total. The van der Waals surface area contributed by atoms with E-state index in [9.17, 15) is 0 Å². The summed E-state index contributed by atoms with van der Waals surface area (Å²) >= 11 is 1.70. The van der Waals surface area contributed by atoms with E-state index in [2.05, 4.69) is 15.0 Å². The van der Waals surface area contributed by atoms with E-state index in [1.807, 2.05) is 13.1 Å². The number of imidazole rings is 1. The molecule has 0 amide bonds. The molecule has 0 spiro atoms. The lowest BCUT2D eigenvalue weighted by molar-refractivity contribution is 0.603. The van der Waals surface area contributed by atoms with Crippen molar-refractivity contribution in [2.45, 2.75) is 12.7 Å². The smallest absolute Gasteiger partial charge is 0.204 e. The average molecular weight is 281 g/mol. The van der Waals surface area contributed by atoms with E-state index < -0.39 is 0 Å². The Labute approximate surface area is 117 Å². The van der Waals surface area contributed by atoms with Gasteiger partial charge in [0.25, 0.3) is 0 Å². The molecular formula is C11H19N7S. The van der Waals surface area contributed by atoms with Gasteiger partial charge in [0, 0.05) is 30.3 Å². The lowest BCUT2D eigenvalue weighted by Gasteiger charge is -2.13. The van der Waals surface area contributed by atoms with Crippen LogP contribution >= 0.6 is 11.8 Å². The van der Waals surface area contributed by atoms with Crippen LogP contribution in [0, 0.1) is 18.4 Å². The number of aliphatic imine (C=N–C) groups is 1. The van der Waals surface area contributed by atoms with Crippen molar-refractivity contribution in [3.05, 3.63) is 17.7 Å². The van der Waals surface area contributed by atoms with Gasteiger partial charge in [0.1, 0.15) is 0 Å². The molecule has 0 aromatic carbocycles. The second-order valence-corrected chi connectivity index (χ2v) is 4.91. The van der Waals surface area contributed by atoms with E-state index in [-0.39, 0.29) is 5.96 Å². The Bertz CT molecular complexity index is 448. The number of aryl methyl sites for hydroxylation is 1. The lowest BCUT2D eigenvalue weighted by atomic mass is 10.4. The molecule has 0 aliphatic rings. The summed E-state index contributed by atoms with van der Waals surface area (Å²) in [5.41, 5.74) is 13.1. The van der Waals surface area contributed by atoms with Crippen LogP contribution < -0.4 is 11.5 Å². The maximum absolute atomic E-state index is 8.98. The van der Waals surface area contributed by atoms with Gasteiger partial charge in [0.15, 0.2) is 6.19 Å². The lowest BCUT2D eigenvalue weighted by Crippen LogP contribution is -2.35. The first kappa shape index (κ1) is 15.3. The van der Waals surface area contributed by atoms with E-state index in [4.69, 9.17) is 16.7 Å². The second-order valence-electron chi connectivity index (χ2n) is 3.81. The predicted molar refractivity (Wildman–Crippen MR) is 77.3 cm³/mol. The zero-order valence-electron chi connectivity index (χ0n) is 11.0. The molecule has 0 bridgehead atoms. The summed E-state index contributed by atoms with van der Waals surface area (Å²) in [5, 5.41) is 8.98. The van der Waals surface area contributed by atoms with Crippen molar-refractivity contribution in [3.8, 4) is 6.19 Å². The molecule has 1 aromatic rings. The van der Waals surface area contributed by atoms with Gasteiger partial charge in [-0.3, -0.25) is 4.99 Å². The summed E-state index contributed by atoms with van der Waals surface area (Å²) in [6.45, 7) is 3.38. The highest BCUT2D eigenvalue weighted by molar-refractivity contribution is 7.98. The van der Waals surface area contributed by atoms with Gasteiger partial charge in [-0.25, -0.2) is 9.88 Å².